The molecule has 0 aromatic heterocycles. The molecule has 160 valence electrons. The second-order valence-electron chi connectivity index (χ2n) is 8.26. The van der Waals surface area contributed by atoms with Crippen LogP contribution in [0.15, 0.2) is 24.3 Å². The van der Waals surface area contributed by atoms with E-state index in [1.54, 1.807) is 39.0 Å². The monoisotopic (exact) mass is 404 g/mol. The second-order valence-corrected chi connectivity index (χ2v) is 8.26. The molecule has 1 aromatic carbocycles. The molecule has 1 aliphatic rings. The average molecular weight is 405 g/mol. The van der Waals surface area contributed by atoms with Gasteiger partial charge in [-0.2, -0.15) is 0 Å². The predicted octanol–water partition coefficient (Wildman–Crippen LogP) is 4.37. The highest BCUT2D eigenvalue weighted by molar-refractivity contribution is 5.93. The van der Waals surface area contributed by atoms with Crippen molar-refractivity contribution in [2.75, 3.05) is 18.5 Å². The van der Waals surface area contributed by atoms with Gasteiger partial charge >= 0.3 is 12.1 Å². The van der Waals surface area contributed by atoms with Crippen LogP contribution < -0.4 is 5.32 Å². The maximum atomic E-state index is 12.5. The number of carbonyl (C=O) groups excluding carboxylic acids is 3. The summed E-state index contributed by atoms with van der Waals surface area (Å²) < 4.78 is 10.4. The van der Waals surface area contributed by atoms with Crippen molar-refractivity contribution in [1.29, 1.82) is 0 Å². The Labute approximate surface area is 172 Å². The summed E-state index contributed by atoms with van der Waals surface area (Å²) in [5.41, 5.74) is 0.0503. The summed E-state index contributed by atoms with van der Waals surface area (Å²) in [7, 11) is 0. The van der Waals surface area contributed by atoms with Crippen LogP contribution in [0.1, 0.15) is 70.2 Å². The molecule has 2 amide bonds. The number of ether oxygens (including phenoxy) is 2. The first-order valence-corrected chi connectivity index (χ1v) is 10.3. The molecule has 0 aliphatic heterocycles. The van der Waals surface area contributed by atoms with Crippen LogP contribution in [-0.4, -0.2) is 47.7 Å². The Morgan fingerprint density at radius 1 is 1.14 bits per heavy atom. The lowest BCUT2D eigenvalue weighted by Crippen LogP contribution is -2.43. The zero-order valence-corrected chi connectivity index (χ0v) is 17.8. The van der Waals surface area contributed by atoms with Crippen LogP contribution in [0.3, 0.4) is 0 Å². The normalized spacial score (nSPS) is 14.8. The average Bonchev–Trinajstić information content (AvgIpc) is 2.66. The van der Waals surface area contributed by atoms with Gasteiger partial charge in [-0.25, -0.2) is 9.59 Å². The van der Waals surface area contributed by atoms with E-state index >= 15 is 0 Å². The van der Waals surface area contributed by atoms with Gasteiger partial charge in [-0.05, 0) is 58.7 Å². The number of hydrogen-bond donors (Lipinski definition) is 1. The quantitative estimate of drug-likeness (QED) is 0.712. The van der Waals surface area contributed by atoms with Crippen molar-refractivity contribution in [2.24, 2.45) is 0 Å². The Morgan fingerprint density at radius 2 is 1.83 bits per heavy atom. The smallest absolute Gasteiger partial charge is 0.412 e. The number of carbonyl (C=O) groups is 3. The number of benzene rings is 1. The SMILES string of the molecule is CCN(C(=O)COC(=O)c1cccc(NC(=O)OC(C)(C)C)c1)C1CCCCC1. The highest BCUT2D eigenvalue weighted by Crippen LogP contribution is 2.22. The van der Waals surface area contributed by atoms with E-state index in [1.807, 2.05) is 11.8 Å². The lowest BCUT2D eigenvalue weighted by molar-refractivity contribution is -0.137. The van der Waals surface area contributed by atoms with E-state index in [-0.39, 0.29) is 24.1 Å². The van der Waals surface area contributed by atoms with Gasteiger partial charge in [0.05, 0.1) is 5.56 Å². The third-order valence-corrected chi connectivity index (χ3v) is 4.75. The topological polar surface area (TPSA) is 84.9 Å². The van der Waals surface area contributed by atoms with Gasteiger partial charge < -0.3 is 14.4 Å². The molecule has 0 heterocycles. The molecule has 7 heteroatoms. The first-order valence-electron chi connectivity index (χ1n) is 10.3. The Morgan fingerprint density at radius 3 is 2.45 bits per heavy atom. The van der Waals surface area contributed by atoms with E-state index in [1.165, 1.54) is 12.5 Å². The summed E-state index contributed by atoms with van der Waals surface area (Å²) in [6.45, 7) is 7.57. The zero-order valence-electron chi connectivity index (χ0n) is 17.8. The van der Waals surface area contributed by atoms with Crippen LogP contribution in [-0.2, 0) is 14.3 Å². The zero-order chi connectivity index (χ0) is 21.4. The third-order valence-electron chi connectivity index (χ3n) is 4.75. The van der Waals surface area contributed by atoms with E-state index in [0.717, 1.165) is 25.7 Å². The molecule has 1 saturated carbocycles. The minimum absolute atomic E-state index is 0.171. The number of nitrogens with one attached hydrogen (secondary N) is 1. The minimum Gasteiger partial charge on any atom is -0.452 e. The Bertz CT molecular complexity index is 720. The van der Waals surface area contributed by atoms with E-state index < -0.39 is 17.7 Å². The van der Waals surface area contributed by atoms with Gasteiger partial charge in [-0.1, -0.05) is 25.3 Å². The number of esters is 1. The largest absolute Gasteiger partial charge is 0.452 e. The van der Waals surface area contributed by atoms with Crippen LogP contribution in [0.4, 0.5) is 10.5 Å². The fourth-order valence-corrected chi connectivity index (χ4v) is 3.47. The summed E-state index contributed by atoms with van der Waals surface area (Å²) in [5, 5.41) is 2.58. The summed E-state index contributed by atoms with van der Waals surface area (Å²) in [5.74, 6) is -0.776. The minimum atomic E-state index is -0.621. The Kier molecular flexibility index (Phi) is 8.05. The summed E-state index contributed by atoms with van der Waals surface area (Å²) >= 11 is 0. The van der Waals surface area contributed by atoms with Crippen LogP contribution >= 0.6 is 0 Å². The molecule has 0 bridgehead atoms. The number of likely N-dealkylation sites (N-methyl/N-ethyl adjacent to an activating group) is 1. The van der Waals surface area contributed by atoms with E-state index in [9.17, 15) is 14.4 Å². The van der Waals surface area contributed by atoms with Crippen LogP contribution in [0.2, 0.25) is 0 Å². The summed E-state index contributed by atoms with van der Waals surface area (Å²) in [6, 6.07) is 6.59. The molecular formula is C22H32N2O5. The fourth-order valence-electron chi connectivity index (χ4n) is 3.47. The van der Waals surface area contributed by atoms with Crippen molar-refractivity contribution < 1.29 is 23.9 Å². The standard InChI is InChI=1S/C22H32N2O5/c1-5-24(18-12-7-6-8-13-18)19(25)15-28-20(26)16-10-9-11-17(14-16)23-21(27)29-22(2,3)4/h9-11,14,18H,5-8,12-13,15H2,1-4H3,(H,23,27). The first kappa shape index (κ1) is 22.7. The second kappa shape index (κ2) is 10.3. The van der Waals surface area contributed by atoms with Crippen LogP contribution in [0.5, 0.6) is 0 Å². The van der Waals surface area contributed by atoms with Gasteiger partial charge in [0.1, 0.15) is 5.60 Å². The van der Waals surface area contributed by atoms with Gasteiger partial charge in [0.15, 0.2) is 6.61 Å². The van der Waals surface area contributed by atoms with Gasteiger partial charge in [-0.15, -0.1) is 0 Å². The van der Waals surface area contributed by atoms with Crippen LogP contribution in [0, 0.1) is 0 Å². The number of hydrogen-bond acceptors (Lipinski definition) is 5. The van der Waals surface area contributed by atoms with E-state index in [2.05, 4.69) is 5.32 Å². The van der Waals surface area contributed by atoms with Gasteiger partial charge in [-0.3, -0.25) is 10.1 Å². The van der Waals surface area contributed by atoms with E-state index in [0.29, 0.717) is 12.2 Å². The van der Waals surface area contributed by atoms with Crippen molar-refractivity contribution >= 4 is 23.7 Å². The molecule has 1 fully saturated rings. The summed E-state index contributed by atoms with van der Waals surface area (Å²) in [4.78, 5) is 38.6. The molecule has 0 atom stereocenters. The highest BCUT2D eigenvalue weighted by Gasteiger charge is 2.25. The molecule has 0 unspecified atom stereocenters. The molecule has 2 rings (SSSR count). The molecule has 7 nitrogen and oxygen atoms in total. The lowest BCUT2D eigenvalue weighted by atomic mass is 9.94. The molecule has 1 aliphatic carbocycles. The molecular weight excluding hydrogens is 372 g/mol. The van der Waals surface area contributed by atoms with Gasteiger partial charge in [0.2, 0.25) is 0 Å². The van der Waals surface area contributed by atoms with Gasteiger partial charge in [0.25, 0.3) is 5.91 Å². The number of anilines is 1. The first-order chi connectivity index (χ1) is 13.7. The molecule has 0 spiro atoms. The van der Waals surface area contributed by atoms with Crippen LogP contribution in [0.25, 0.3) is 0 Å². The predicted molar refractivity (Wildman–Crippen MR) is 111 cm³/mol. The highest BCUT2D eigenvalue weighted by atomic mass is 16.6. The molecule has 29 heavy (non-hydrogen) atoms. The maximum Gasteiger partial charge on any atom is 0.412 e. The number of amides is 2. The molecule has 1 aromatic rings. The molecule has 0 radical (unpaired) electrons. The molecule has 0 saturated heterocycles. The lowest BCUT2D eigenvalue weighted by Gasteiger charge is -2.33. The third kappa shape index (κ3) is 7.40. The van der Waals surface area contributed by atoms with Crippen molar-refractivity contribution in [1.82, 2.24) is 4.90 Å². The maximum absolute atomic E-state index is 12.5. The van der Waals surface area contributed by atoms with Crippen molar-refractivity contribution in [3.8, 4) is 0 Å². The Hall–Kier alpha value is -2.57. The van der Waals surface area contributed by atoms with Crippen molar-refractivity contribution in [3.63, 3.8) is 0 Å². The van der Waals surface area contributed by atoms with Gasteiger partial charge in [0, 0.05) is 18.3 Å². The molecule has 1 N–H and O–H groups in total. The fraction of sp³-hybridized carbons (Fsp3) is 0.591. The summed E-state index contributed by atoms with van der Waals surface area (Å²) in [6.07, 6.45) is 4.88. The van der Waals surface area contributed by atoms with Crippen molar-refractivity contribution in [3.05, 3.63) is 29.8 Å². The number of nitrogens with zero attached hydrogens (tertiary/aromatic N) is 1. The number of rotatable bonds is 6. The Balaban J connectivity index is 1.91. The van der Waals surface area contributed by atoms with E-state index in [4.69, 9.17) is 9.47 Å². The van der Waals surface area contributed by atoms with Crippen molar-refractivity contribution in [2.45, 2.75) is 71.4 Å².